The third-order valence-corrected chi connectivity index (χ3v) is 3.91. The van der Waals surface area contributed by atoms with E-state index in [4.69, 9.17) is 0 Å². The zero-order valence-electron chi connectivity index (χ0n) is 10.4. The molecule has 1 heterocycles. The summed E-state index contributed by atoms with van der Waals surface area (Å²) in [5, 5.41) is 10.6. The summed E-state index contributed by atoms with van der Waals surface area (Å²) in [5.74, 6) is 0. The molecule has 1 aromatic carbocycles. The Balaban J connectivity index is 2.27. The van der Waals surface area contributed by atoms with Crippen LogP contribution < -0.4 is 0 Å². The van der Waals surface area contributed by atoms with Crippen LogP contribution in [0.1, 0.15) is 28.5 Å². The van der Waals surface area contributed by atoms with Crippen LogP contribution in [0.4, 0.5) is 0 Å². The standard InChI is InChI=1S/C14H17NOS/c1-10-4-5-12(6-11(10)2)14(3,16)7-13-8-15-9-17-13/h4-6,8-9,16H,7H2,1-3H3. The van der Waals surface area contributed by atoms with E-state index in [1.807, 2.05) is 19.2 Å². The average molecular weight is 247 g/mol. The number of nitrogens with zero attached hydrogens (tertiary/aromatic N) is 1. The van der Waals surface area contributed by atoms with Gasteiger partial charge in [0, 0.05) is 17.5 Å². The Kier molecular flexibility index (Phi) is 3.31. The molecule has 0 fully saturated rings. The predicted molar refractivity (Wildman–Crippen MR) is 71.3 cm³/mol. The van der Waals surface area contributed by atoms with Crippen molar-refractivity contribution in [2.24, 2.45) is 0 Å². The molecule has 2 nitrogen and oxygen atoms in total. The predicted octanol–water partition coefficient (Wildman–Crippen LogP) is 3.21. The lowest BCUT2D eigenvalue weighted by Gasteiger charge is -2.24. The van der Waals surface area contributed by atoms with E-state index in [9.17, 15) is 5.11 Å². The maximum Gasteiger partial charge on any atom is 0.0917 e. The van der Waals surface area contributed by atoms with Gasteiger partial charge in [0.25, 0.3) is 0 Å². The molecule has 1 aromatic heterocycles. The summed E-state index contributed by atoms with van der Waals surface area (Å²) in [6.07, 6.45) is 2.43. The van der Waals surface area contributed by atoms with Crippen molar-refractivity contribution in [3.05, 3.63) is 51.5 Å². The maximum absolute atomic E-state index is 10.6. The Bertz CT molecular complexity index is 503. The third-order valence-electron chi connectivity index (χ3n) is 3.13. The first-order valence-electron chi connectivity index (χ1n) is 5.66. The maximum atomic E-state index is 10.6. The Labute approximate surface area is 106 Å². The molecule has 3 heteroatoms. The van der Waals surface area contributed by atoms with E-state index in [0.717, 1.165) is 10.4 Å². The Morgan fingerprint density at radius 1 is 1.29 bits per heavy atom. The fourth-order valence-electron chi connectivity index (χ4n) is 1.85. The number of hydrogen-bond donors (Lipinski definition) is 1. The normalized spacial score (nSPS) is 14.6. The van der Waals surface area contributed by atoms with Crippen LogP contribution in [0.5, 0.6) is 0 Å². The van der Waals surface area contributed by atoms with E-state index in [1.54, 1.807) is 16.8 Å². The van der Waals surface area contributed by atoms with Crippen LogP contribution in [0.3, 0.4) is 0 Å². The molecule has 0 amide bonds. The molecule has 0 bridgehead atoms. The van der Waals surface area contributed by atoms with E-state index in [2.05, 4.69) is 31.0 Å². The molecule has 0 saturated carbocycles. The van der Waals surface area contributed by atoms with Crippen molar-refractivity contribution in [1.29, 1.82) is 0 Å². The summed E-state index contributed by atoms with van der Waals surface area (Å²) < 4.78 is 0. The lowest BCUT2D eigenvalue weighted by Crippen LogP contribution is -2.24. The van der Waals surface area contributed by atoms with Crippen molar-refractivity contribution in [3.63, 3.8) is 0 Å². The number of benzene rings is 1. The van der Waals surface area contributed by atoms with E-state index >= 15 is 0 Å². The van der Waals surface area contributed by atoms with Gasteiger partial charge in [0.1, 0.15) is 0 Å². The zero-order valence-corrected chi connectivity index (χ0v) is 11.2. The molecule has 0 saturated heterocycles. The van der Waals surface area contributed by atoms with Gasteiger partial charge in [0.2, 0.25) is 0 Å². The minimum absolute atomic E-state index is 0.611. The molecule has 0 aliphatic heterocycles. The van der Waals surface area contributed by atoms with Gasteiger partial charge in [-0.1, -0.05) is 18.2 Å². The van der Waals surface area contributed by atoms with Crippen LogP contribution in [0.25, 0.3) is 0 Å². The fraction of sp³-hybridized carbons (Fsp3) is 0.357. The van der Waals surface area contributed by atoms with Crippen molar-refractivity contribution < 1.29 is 5.11 Å². The second kappa shape index (κ2) is 4.59. The minimum atomic E-state index is -0.828. The van der Waals surface area contributed by atoms with Gasteiger partial charge in [-0.25, -0.2) is 0 Å². The summed E-state index contributed by atoms with van der Waals surface area (Å²) in [5.41, 5.74) is 4.40. The molecule has 0 aliphatic rings. The highest BCUT2D eigenvalue weighted by Crippen LogP contribution is 2.28. The highest BCUT2D eigenvalue weighted by molar-refractivity contribution is 7.09. The smallest absolute Gasteiger partial charge is 0.0917 e. The van der Waals surface area contributed by atoms with Gasteiger partial charge in [0.15, 0.2) is 0 Å². The molecule has 1 N–H and O–H groups in total. The SMILES string of the molecule is Cc1ccc(C(C)(O)Cc2cncs2)cc1C. The van der Waals surface area contributed by atoms with Crippen LogP contribution in [0, 0.1) is 13.8 Å². The Morgan fingerprint density at radius 3 is 2.65 bits per heavy atom. The van der Waals surface area contributed by atoms with Gasteiger partial charge >= 0.3 is 0 Å². The summed E-state index contributed by atoms with van der Waals surface area (Å²) >= 11 is 1.58. The molecule has 17 heavy (non-hydrogen) atoms. The number of aliphatic hydroxyl groups is 1. The molecular weight excluding hydrogens is 230 g/mol. The van der Waals surface area contributed by atoms with Crippen LogP contribution >= 0.6 is 11.3 Å². The number of aromatic nitrogens is 1. The monoisotopic (exact) mass is 247 g/mol. The number of hydrogen-bond acceptors (Lipinski definition) is 3. The number of aryl methyl sites for hydroxylation is 2. The van der Waals surface area contributed by atoms with Crippen LogP contribution in [0.2, 0.25) is 0 Å². The molecular formula is C14H17NOS. The fourth-order valence-corrected chi connectivity index (χ4v) is 2.59. The lowest BCUT2D eigenvalue weighted by molar-refractivity contribution is 0.0583. The van der Waals surface area contributed by atoms with Gasteiger partial charge in [-0.05, 0) is 37.5 Å². The van der Waals surface area contributed by atoms with Gasteiger partial charge in [-0.3, -0.25) is 4.98 Å². The Morgan fingerprint density at radius 2 is 2.06 bits per heavy atom. The van der Waals surface area contributed by atoms with Crippen LogP contribution in [-0.4, -0.2) is 10.1 Å². The van der Waals surface area contributed by atoms with Gasteiger partial charge in [0.05, 0.1) is 11.1 Å². The molecule has 0 spiro atoms. The van der Waals surface area contributed by atoms with Gasteiger partial charge < -0.3 is 5.11 Å². The first-order chi connectivity index (χ1) is 7.99. The number of rotatable bonds is 3. The quantitative estimate of drug-likeness (QED) is 0.903. The minimum Gasteiger partial charge on any atom is -0.385 e. The summed E-state index contributed by atoms with van der Waals surface area (Å²) in [6, 6.07) is 6.13. The average Bonchev–Trinajstić information content (AvgIpc) is 2.73. The molecule has 0 radical (unpaired) electrons. The van der Waals surface area contributed by atoms with Crippen LogP contribution in [-0.2, 0) is 12.0 Å². The summed E-state index contributed by atoms with van der Waals surface area (Å²) in [6.45, 7) is 6.01. The van der Waals surface area contributed by atoms with Crippen molar-refractivity contribution in [1.82, 2.24) is 4.98 Å². The summed E-state index contributed by atoms with van der Waals surface area (Å²) in [7, 11) is 0. The first kappa shape index (κ1) is 12.3. The molecule has 0 aliphatic carbocycles. The van der Waals surface area contributed by atoms with Gasteiger partial charge in [-0.2, -0.15) is 0 Å². The lowest BCUT2D eigenvalue weighted by atomic mass is 9.90. The summed E-state index contributed by atoms with van der Waals surface area (Å²) in [4.78, 5) is 5.14. The van der Waals surface area contributed by atoms with E-state index < -0.39 is 5.60 Å². The van der Waals surface area contributed by atoms with Crippen LogP contribution in [0.15, 0.2) is 29.9 Å². The Hall–Kier alpha value is -1.19. The molecule has 90 valence electrons. The zero-order chi connectivity index (χ0) is 12.5. The molecule has 1 atom stereocenters. The van der Waals surface area contributed by atoms with E-state index in [1.165, 1.54) is 11.1 Å². The van der Waals surface area contributed by atoms with Gasteiger partial charge in [-0.15, -0.1) is 11.3 Å². The largest absolute Gasteiger partial charge is 0.385 e. The van der Waals surface area contributed by atoms with Crippen molar-refractivity contribution in [2.45, 2.75) is 32.8 Å². The van der Waals surface area contributed by atoms with Crippen molar-refractivity contribution >= 4 is 11.3 Å². The van der Waals surface area contributed by atoms with Crippen molar-refractivity contribution in [2.75, 3.05) is 0 Å². The van der Waals surface area contributed by atoms with E-state index in [-0.39, 0.29) is 0 Å². The highest BCUT2D eigenvalue weighted by atomic mass is 32.1. The second-order valence-electron chi connectivity index (χ2n) is 4.72. The van der Waals surface area contributed by atoms with E-state index in [0.29, 0.717) is 6.42 Å². The molecule has 2 rings (SSSR count). The topological polar surface area (TPSA) is 33.1 Å². The highest BCUT2D eigenvalue weighted by Gasteiger charge is 2.24. The first-order valence-corrected chi connectivity index (χ1v) is 6.54. The van der Waals surface area contributed by atoms with Crippen molar-refractivity contribution in [3.8, 4) is 0 Å². The second-order valence-corrected chi connectivity index (χ2v) is 5.69. The molecule has 2 aromatic rings. The molecule has 1 unspecified atom stereocenters. The number of thiazole rings is 1. The third kappa shape index (κ3) is 2.73.